The van der Waals surface area contributed by atoms with Crippen molar-refractivity contribution in [3.8, 4) is 22.6 Å². The molecule has 4 rings (SSSR count). The largest absolute Gasteiger partial charge is 0.492 e. The molecule has 278 valence electrons. The summed E-state index contributed by atoms with van der Waals surface area (Å²) in [5.41, 5.74) is 13.4. The van der Waals surface area contributed by atoms with E-state index in [0.29, 0.717) is 40.2 Å². The maximum Gasteiger partial charge on any atom is 0.344 e. The summed E-state index contributed by atoms with van der Waals surface area (Å²) in [6.45, 7) is 1.33. The molecule has 2 aromatic carbocycles. The standard InChI is InChI=1S/C33H42N10O9/c1-19-30(47)40-24(31(48)37-9-10-38-43-17-27(45)41-33(43)50)14-20-3-5-25(51-11-7-34)22(13-20)23-15-21(4-6-26(23)52-12-8-35)29(32(49)39-19)42(2)28(46)16-36-18-44/h3-6,10,13,15,18-19,24,29H,7-9,11-12,14,16-17,34-35H2,1-2H3,(H,36,44)(H,37,48)(H,39,49)(H,40,47)(H,41,45,50)/b38-10+/t19-,24?,29?/m0/s1. The first-order chi connectivity index (χ1) is 25.0. The van der Waals surface area contributed by atoms with Gasteiger partial charge in [-0.2, -0.15) is 5.10 Å². The third kappa shape index (κ3) is 9.79. The van der Waals surface area contributed by atoms with Gasteiger partial charge in [0.25, 0.3) is 0 Å². The van der Waals surface area contributed by atoms with Gasteiger partial charge in [-0.25, -0.2) is 9.80 Å². The van der Waals surface area contributed by atoms with Crippen LogP contribution >= 0.6 is 0 Å². The number of nitrogens with one attached hydrogen (secondary N) is 5. The van der Waals surface area contributed by atoms with Crippen molar-refractivity contribution in [1.82, 2.24) is 36.5 Å². The van der Waals surface area contributed by atoms with E-state index in [2.05, 4.69) is 31.7 Å². The Kier molecular flexibility index (Phi) is 13.6. The fourth-order valence-electron chi connectivity index (χ4n) is 5.41. The normalized spacial score (nSPS) is 18.8. The summed E-state index contributed by atoms with van der Waals surface area (Å²) in [5.74, 6) is -2.36. The average molecular weight is 723 g/mol. The second-order valence-corrected chi connectivity index (χ2v) is 11.7. The molecular formula is C33H42N10O9. The van der Waals surface area contributed by atoms with Crippen LogP contribution in [0.5, 0.6) is 11.5 Å². The highest BCUT2D eigenvalue weighted by molar-refractivity contribution is 6.02. The number of fused-ring (bicyclic) bond motifs is 5. The molecule has 3 atom stereocenters. The molecule has 0 spiro atoms. The van der Waals surface area contributed by atoms with E-state index in [4.69, 9.17) is 20.9 Å². The number of urea groups is 1. The Hall–Kier alpha value is -6.08. The minimum Gasteiger partial charge on any atom is -0.492 e. The number of imide groups is 1. The van der Waals surface area contributed by atoms with Crippen LogP contribution in [0.4, 0.5) is 4.79 Å². The van der Waals surface area contributed by atoms with E-state index >= 15 is 0 Å². The van der Waals surface area contributed by atoms with Crippen LogP contribution in [0.3, 0.4) is 0 Å². The quantitative estimate of drug-likeness (QED) is 0.0607. The maximum atomic E-state index is 13.9. The van der Waals surface area contributed by atoms with Gasteiger partial charge in [-0.1, -0.05) is 12.1 Å². The number of hydrogen-bond acceptors (Lipinski definition) is 12. The Morgan fingerprint density at radius 3 is 2.31 bits per heavy atom. The maximum absolute atomic E-state index is 13.9. The summed E-state index contributed by atoms with van der Waals surface area (Å²) in [6.07, 6.45) is 1.57. The first kappa shape index (κ1) is 38.7. The molecule has 19 nitrogen and oxygen atoms in total. The van der Waals surface area contributed by atoms with Crippen LogP contribution in [0.25, 0.3) is 11.1 Å². The van der Waals surface area contributed by atoms with Crippen molar-refractivity contribution < 1.29 is 43.0 Å². The number of likely N-dealkylation sites (N-methyl/N-ethyl adjacent to an activating group) is 1. The predicted molar refractivity (Wildman–Crippen MR) is 186 cm³/mol. The Bertz CT molecular complexity index is 1720. The Balaban J connectivity index is 1.79. The van der Waals surface area contributed by atoms with Crippen molar-refractivity contribution in [2.45, 2.75) is 31.5 Å². The molecule has 1 saturated heterocycles. The molecule has 0 aliphatic carbocycles. The molecule has 8 amide bonds. The van der Waals surface area contributed by atoms with Gasteiger partial charge in [0.15, 0.2) is 0 Å². The Morgan fingerprint density at radius 1 is 1.00 bits per heavy atom. The number of carbonyl (C=O) groups excluding carboxylic acids is 7. The van der Waals surface area contributed by atoms with E-state index < -0.39 is 60.2 Å². The lowest BCUT2D eigenvalue weighted by Crippen LogP contribution is -2.55. The number of hydrogen-bond donors (Lipinski definition) is 7. The second-order valence-electron chi connectivity index (χ2n) is 11.7. The van der Waals surface area contributed by atoms with Gasteiger partial charge in [0.2, 0.25) is 35.9 Å². The molecule has 0 saturated carbocycles. The molecular weight excluding hydrogens is 680 g/mol. The molecule has 1 fully saturated rings. The first-order valence-corrected chi connectivity index (χ1v) is 16.3. The summed E-state index contributed by atoms with van der Waals surface area (Å²) in [4.78, 5) is 89.3. The van der Waals surface area contributed by atoms with Gasteiger partial charge < -0.3 is 47.1 Å². The zero-order valence-electron chi connectivity index (χ0n) is 28.7. The third-order valence-electron chi connectivity index (χ3n) is 7.96. The lowest BCUT2D eigenvalue weighted by atomic mass is 9.93. The number of nitrogens with zero attached hydrogens (tertiary/aromatic N) is 3. The van der Waals surface area contributed by atoms with Crippen LogP contribution in [0.2, 0.25) is 0 Å². The summed E-state index contributed by atoms with van der Waals surface area (Å²) >= 11 is 0. The average Bonchev–Trinajstić information content (AvgIpc) is 3.45. The topological polar surface area (TPSA) is 269 Å². The monoisotopic (exact) mass is 722 g/mol. The summed E-state index contributed by atoms with van der Waals surface area (Å²) in [7, 11) is 1.39. The highest BCUT2D eigenvalue weighted by Gasteiger charge is 2.33. The van der Waals surface area contributed by atoms with Crippen molar-refractivity contribution in [3.05, 3.63) is 47.5 Å². The van der Waals surface area contributed by atoms with E-state index in [9.17, 15) is 33.6 Å². The Morgan fingerprint density at radius 2 is 1.67 bits per heavy atom. The SMILES string of the molecule is C[C@@H]1NC(=O)C(N(C)C(=O)CNC=O)c2ccc(OCCN)c(c2)-c2cc(ccc2OCCN)CC(C(=O)NC/C=N/N2CC(=O)NC2=O)NC1=O. The smallest absolute Gasteiger partial charge is 0.344 e. The third-order valence-corrected chi connectivity index (χ3v) is 7.96. The van der Waals surface area contributed by atoms with Gasteiger partial charge in [0.05, 0.1) is 13.1 Å². The van der Waals surface area contributed by atoms with Crippen molar-refractivity contribution in [1.29, 1.82) is 0 Å². The molecule has 9 N–H and O–H groups in total. The molecule has 4 bridgehead atoms. The van der Waals surface area contributed by atoms with Gasteiger partial charge >= 0.3 is 6.03 Å². The fourth-order valence-corrected chi connectivity index (χ4v) is 5.41. The van der Waals surface area contributed by atoms with Crippen LogP contribution in [0, 0.1) is 0 Å². The van der Waals surface area contributed by atoms with Crippen molar-refractivity contribution in [2.75, 3.05) is 53.0 Å². The highest BCUT2D eigenvalue weighted by Crippen LogP contribution is 2.40. The minimum atomic E-state index is -1.29. The van der Waals surface area contributed by atoms with Gasteiger partial charge in [-0.3, -0.25) is 34.1 Å². The van der Waals surface area contributed by atoms with E-state index in [-0.39, 0.29) is 45.8 Å². The number of rotatable bonds is 14. The molecule has 2 unspecified atom stereocenters. The number of nitrogens with two attached hydrogens (primary N) is 2. The van der Waals surface area contributed by atoms with E-state index in [1.807, 2.05) is 0 Å². The molecule has 2 aliphatic heterocycles. The second kappa shape index (κ2) is 18.2. The van der Waals surface area contributed by atoms with Crippen LogP contribution < -0.4 is 47.5 Å². The Labute approximate surface area is 298 Å². The van der Waals surface area contributed by atoms with E-state index in [1.165, 1.54) is 20.2 Å². The summed E-state index contributed by atoms with van der Waals surface area (Å²) in [6, 6.07) is 5.73. The van der Waals surface area contributed by atoms with E-state index in [0.717, 1.165) is 9.91 Å². The molecule has 19 heteroatoms. The molecule has 0 radical (unpaired) electrons. The number of hydrazone groups is 1. The van der Waals surface area contributed by atoms with Crippen molar-refractivity contribution in [2.24, 2.45) is 16.6 Å². The number of amides is 8. The van der Waals surface area contributed by atoms with Crippen molar-refractivity contribution >= 4 is 48.2 Å². The van der Waals surface area contributed by atoms with Gasteiger partial charge in [0.1, 0.15) is 49.4 Å². The fraction of sp³-hybridized carbons (Fsp3) is 0.394. The molecule has 2 aromatic rings. The number of benzene rings is 2. The number of ether oxygens (including phenoxy) is 2. The van der Waals surface area contributed by atoms with Crippen LogP contribution in [-0.2, 0) is 35.2 Å². The van der Waals surface area contributed by atoms with Crippen LogP contribution in [-0.4, -0.2) is 123 Å². The number of carbonyl (C=O) groups is 7. The summed E-state index contributed by atoms with van der Waals surface area (Å²) in [5, 5.41) is 17.1. The first-order valence-electron chi connectivity index (χ1n) is 16.3. The molecule has 2 aliphatic rings. The summed E-state index contributed by atoms with van der Waals surface area (Å²) < 4.78 is 12.0. The highest BCUT2D eigenvalue weighted by atomic mass is 16.5. The van der Waals surface area contributed by atoms with Crippen molar-refractivity contribution in [3.63, 3.8) is 0 Å². The van der Waals surface area contributed by atoms with E-state index in [1.54, 1.807) is 36.4 Å². The zero-order chi connectivity index (χ0) is 37.8. The molecule has 2 heterocycles. The molecule has 52 heavy (non-hydrogen) atoms. The minimum absolute atomic E-state index is 0.00907. The lowest BCUT2D eigenvalue weighted by molar-refractivity contribution is -0.140. The van der Waals surface area contributed by atoms with Gasteiger partial charge in [-0.15, -0.1) is 0 Å². The van der Waals surface area contributed by atoms with Crippen LogP contribution in [0.1, 0.15) is 24.1 Å². The zero-order valence-corrected chi connectivity index (χ0v) is 28.7. The van der Waals surface area contributed by atoms with Crippen LogP contribution in [0.15, 0.2) is 41.5 Å². The van der Waals surface area contributed by atoms with Gasteiger partial charge in [-0.05, 0) is 42.3 Å². The molecule has 0 aromatic heterocycles. The lowest BCUT2D eigenvalue weighted by Gasteiger charge is -2.30. The van der Waals surface area contributed by atoms with Gasteiger partial charge in [0, 0.05) is 43.9 Å². The predicted octanol–water partition coefficient (Wildman–Crippen LogP) is -2.53.